The lowest BCUT2D eigenvalue weighted by atomic mass is 10.1. The standard InChI is InChI=1S/C18H15ClFN3O3/c1-2-26-18(25)11-8-23-15(14(11)9-3-4-9)17(24)21-16(22-23)10-5-6-12(19)13(20)7-10/h5-9H,2-4H2,1H3,(H,21,22,24). The van der Waals surface area contributed by atoms with E-state index in [0.29, 0.717) is 22.2 Å². The Balaban J connectivity index is 1.91. The normalized spacial score (nSPS) is 14.0. The molecule has 0 saturated heterocycles. The van der Waals surface area contributed by atoms with Crippen molar-refractivity contribution in [3.63, 3.8) is 0 Å². The number of aromatic nitrogens is 3. The van der Waals surface area contributed by atoms with Crippen LogP contribution in [0.3, 0.4) is 0 Å². The highest BCUT2D eigenvalue weighted by Crippen LogP contribution is 2.43. The molecule has 1 N–H and O–H groups in total. The van der Waals surface area contributed by atoms with E-state index in [4.69, 9.17) is 16.3 Å². The lowest BCUT2D eigenvalue weighted by Gasteiger charge is -2.04. The number of hydrogen-bond acceptors (Lipinski definition) is 4. The lowest BCUT2D eigenvalue weighted by molar-refractivity contribution is 0.0525. The summed E-state index contributed by atoms with van der Waals surface area (Å²) in [4.78, 5) is 27.6. The minimum absolute atomic E-state index is 0.0150. The van der Waals surface area contributed by atoms with Crippen LogP contribution in [0.2, 0.25) is 5.02 Å². The molecule has 1 aromatic carbocycles. The number of carbonyl (C=O) groups excluding carboxylic acids is 1. The Hall–Kier alpha value is -2.67. The van der Waals surface area contributed by atoms with Gasteiger partial charge in [0.2, 0.25) is 0 Å². The molecule has 0 atom stereocenters. The van der Waals surface area contributed by atoms with Gasteiger partial charge in [0.1, 0.15) is 11.3 Å². The van der Waals surface area contributed by atoms with E-state index in [1.165, 1.54) is 22.8 Å². The van der Waals surface area contributed by atoms with Crippen LogP contribution < -0.4 is 5.56 Å². The van der Waals surface area contributed by atoms with Crippen molar-refractivity contribution < 1.29 is 13.9 Å². The minimum Gasteiger partial charge on any atom is -0.462 e. The summed E-state index contributed by atoms with van der Waals surface area (Å²) in [6, 6.07) is 4.16. The fourth-order valence-corrected chi connectivity index (χ4v) is 3.16. The van der Waals surface area contributed by atoms with Gasteiger partial charge in [-0.1, -0.05) is 11.6 Å². The summed E-state index contributed by atoms with van der Waals surface area (Å²) in [5, 5.41) is 4.34. The molecule has 0 amide bonds. The lowest BCUT2D eigenvalue weighted by Crippen LogP contribution is -2.14. The summed E-state index contributed by atoms with van der Waals surface area (Å²) >= 11 is 5.70. The van der Waals surface area contributed by atoms with Crippen molar-refractivity contribution in [3.05, 3.63) is 56.7 Å². The van der Waals surface area contributed by atoms with Gasteiger partial charge < -0.3 is 9.72 Å². The molecule has 6 nitrogen and oxygen atoms in total. The summed E-state index contributed by atoms with van der Waals surface area (Å²) in [6.07, 6.45) is 3.33. The van der Waals surface area contributed by atoms with Gasteiger partial charge in [0.25, 0.3) is 5.56 Å². The number of aromatic amines is 1. The van der Waals surface area contributed by atoms with E-state index in [2.05, 4.69) is 10.1 Å². The molecule has 1 fully saturated rings. The monoisotopic (exact) mass is 375 g/mol. The number of carbonyl (C=O) groups is 1. The highest BCUT2D eigenvalue weighted by atomic mass is 35.5. The Bertz CT molecular complexity index is 1090. The maximum absolute atomic E-state index is 13.7. The zero-order valence-electron chi connectivity index (χ0n) is 13.9. The Morgan fingerprint density at radius 2 is 2.23 bits per heavy atom. The first-order valence-corrected chi connectivity index (χ1v) is 8.65. The van der Waals surface area contributed by atoms with Gasteiger partial charge >= 0.3 is 5.97 Å². The highest BCUT2D eigenvalue weighted by Gasteiger charge is 2.33. The molecule has 3 aromatic rings. The maximum Gasteiger partial charge on any atom is 0.340 e. The smallest absolute Gasteiger partial charge is 0.340 e. The number of H-pyrrole nitrogens is 1. The summed E-state index contributed by atoms with van der Waals surface area (Å²) in [5.74, 6) is -0.740. The Labute approximate surface area is 152 Å². The first kappa shape index (κ1) is 16.8. The quantitative estimate of drug-likeness (QED) is 0.708. The fraction of sp³-hybridized carbons (Fsp3) is 0.278. The molecule has 2 aromatic heterocycles. The van der Waals surface area contributed by atoms with Gasteiger partial charge in [-0.05, 0) is 43.9 Å². The molecule has 0 bridgehead atoms. The van der Waals surface area contributed by atoms with Gasteiger partial charge in [-0.2, -0.15) is 0 Å². The van der Waals surface area contributed by atoms with Gasteiger partial charge in [0.05, 0.1) is 17.2 Å². The van der Waals surface area contributed by atoms with Gasteiger partial charge in [-0.3, -0.25) is 4.79 Å². The third-order valence-corrected chi connectivity index (χ3v) is 4.66. The average Bonchev–Trinajstić information content (AvgIpc) is 3.37. The molecule has 2 heterocycles. The van der Waals surface area contributed by atoms with Crippen molar-refractivity contribution in [1.82, 2.24) is 14.6 Å². The minimum atomic E-state index is -0.606. The second-order valence-corrected chi connectivity index (χ2v) is 6.58. The SMILES string of the molecule is CCOC(=O)c1cn2nc(-c3ccc(Cl)c(F)c3)[nH]c(=O)c2c1C1CC1. The van der Waals surface area contributed by atoms with Crippen LogP contribution in [0.15, 0.2) is 29.2 Å². The maximum atomic E-state index is 13.7. The van der Waals surface area contributed by atoms with Gasteiger partial charge in [0, 0.05) is 17.3 Å². The topological polar surface area (TPSA) is 76.5 Å². The van der Waals surface area contributed by atoms with Crippen molar-refractivity contribution in [2.75, 3.05) is 6.61 Å². The number of fused-ring (bicyclic) bond motifs is 1. The van der Waals surface area contributed by atoms with Gasteiger partial charge in [0.15, 0.2) is 5.82 Å². The number of esters is 1. The van der Waals surface area contributed by atoms with Crippen LogP contribution in [0.5, 0.6) is 0 Å². The zero-order valence-corrected chi connectivity index (χ0v) is 14.6. The molecule has 4 rings (SSSR count). The molecular formula is C18H15ClFN3O3. The summed E-state index contributed by atoms with van der Waals surface area (Å²) < 4.78 is 20.2. The van der Waals surface area contributed by atoms with Crippen LogP contribution in [-0.2, 0) is 4.74 Å². The van der Waals surface area contributed by atoms with Gasteiger partial charge in [-0.15, -0.1) is 5.10 Å². The molecule has 1 aliphatic carbocycles. The molecule has 0 unspecified atom stereocenters. The van der Waals surface area contributed by atoms with E-state index in [-0.39, 0.29) is 28.9 Å². The molecule has 1 saturated carbocycles. The van der Waals surface area contributed by atoms with Crippen LogP contribution in [0.1, 0.15) is 41.6 Å². The second kappa shape index (κ2) is 6.25. The summed E-state index contributed by atoms with van der Waals surface area (Å²) in [7, 11) is 0. The van der Waals surface area contributed by atoms with Crippen molar-refractivity contribution in [2.45, 2.75) is 25.7 Å². The predicted molar refractivity (Wildman–Crippen MR) is 94.1 cm³/mol. The second-order valence-electron chi connectivity index (χ2n) is 6.18. The highest BCUT2D eigenvalue weighted by molar-refractivity contribution is 6.30. The largest absolute Gasteiger partial charge is 0.462 e. The van der Waals surface area contributed by atoms with Crippen LogP contribution in [-0.4, -0.2) is 27.2 Å². The molecule has 1 aliphatic rings. The van der Waals surface area contributed by atoms with Crippen molar-refractivity contribution in [3.8, 4) is 11.4 Å². The Kier molecular flexibility index (Phi) is 4.03. The van der Waals surface area contributed by atoms with E-state index in [1.807, 2.05) is 0 Å². The number of rotatable bonds is 4. The Morgan fingerprint density at radius 1 is 1.46 bits per heavy atom. The van der Waals surface area contributed by atoms with Gasteiger partial charge in [-0.25, -0.2) is 13.7 Å². The number of nitrogens with one attached hydrogen (secondary N) is 1. The third-order valence-electron chi connectivity index (χ3n) is 4.35. The number of hydrogen-bond donors (Lipinski definition) is 1. The number of halogens is 2. The first-order valence-electron chi connectivity index (χ1n) is 8.27. The zero-order chi connectivity index (χ0) is 18.4. The number of benzene rings is 1. The number of ether oxygens (including phenoxy) is 1. The molecule has 26 heavy (non-hydrogen) atoms. The molecule has 134 valence electrons. The molecule has 0 radical (unpaired) electrons. The third kappa shape index (κ3) is 2.78. The molecule has 0 aliphatic heterocycles. The van der Waals surface area contributed by atoms with Crippen LogP contribution in [0.4, 0.5) is 4.39 Å². The van der Waals surface area contributed by atoms with E-state index < -0.39 is 11.8 Å². The first-order chi connectivity index (χ1) is 12.5. The predicted octanol–water partition coefficient (Wildman–Crippen LogP) is 3.54. The molecule has 8 heteroatoms. The summed E-state index contributed by atoms with van der Waals surface area (Å²) in [5.41, 5.74) is 1.35. The molecule has 0 spiro atoms. The van der Waals surface area contributed by atoms with E-state index in [0.717, 1.165) is 12.8 Å². The van der Waals surface area contributed by atoms with Crippen LogP contribution in [0.25, 0.3) is 16.9 Å². The fourth-order valence-electron chi connectivity index (χ4n) is 3.04. The van der Waals surface area contributed by atoms with E-state index in [9.17, 15) is 14.0 Å². The average molecular weight is 376 g/mol. The van der Waals surface area contributed by atoms with Crippen molar-refractivity contribution in [1.29, 1.82) is 0 Å². The van der Waals surface area contributed by atoms with Crippen molar-refractivity contribution in [2.24, 2.45) is 0 Å². The van der Waals surface area contributed by atoms with Crippen LogP contribution >= 0.6 is 11.6 Å². The van der Waals surface area contributed by atoms with Crippen molar-refractivity contribution >= 4 is 23.1 Å². The Morgan fingerprint density at radius 3 is 2.88 bits per heavy atom. The summed E-state index contributed by atoms with van der Waals surface area (Å²) in [6.45, 7) is 1.97. The van der Waals surface area contributed by atoms with Crippen LogP contribution in [0, 0.1) is 5.82 Å². The van der Waals surface area contributed by atoms with E-state index in [1.54, 1.807) is 13.0 Å². The molecular weight excluding hydrogens is 361 g/mol. The van der Waals surface area contributed by atoms with E-state index >= 15 is 0 Å². The number of nitrogens with zero attached hydrogens (tertiary/aromatic N) is 2.